The van der Waals surface area contributed by atoms with E-state index in [0.717, 1.165) is 22.2 Å². The molecule has 0 N–H and O–H groups in total. The summed E-state index contributed by atoms with van der Waals surface area (Å²) in [6.45, 7) is 0. The van der Waals surface area contributed by atoms with E-state index in [4.69, 9.17) is 0 Å². The van der Waals surface area contributed by atoms with Crippen LogP contribution in [-0.2, 0) is 6.42 Å². The fourth-order valence-electron chi connectivity index (χ4n) is 2.17. The predicted octanol–water partition coefficient (Wildman–Crippen LogP) is 4.01. The predicted molar refractivity (Wildman–Crippen MR) is 91.2 cm³/mol. The molecule has 4 aromatic rings. The van der Waals surface area contributed by atoms with E-state index in [-0.39, 0.29) is 0 Å². The lowest BCUT2D eigenvalue weighted by atomic mass is 10.1. The van der Waals surface area contributed by atoms with Gasteiger partial charge < -0.3 is 0 Å². The molecule has 0 saturated carbocycles. The number of benzene rings is 1. The van der Waals surface area contributed by atoms with Gasteiger partial charge in [0, 0.05) is 11.3 Å². The molecule has 22 heavy (non-hydrogen) atoms. The van der Waals surface area contributed by atoms with Crippen LogP contribution in [0.3, 0.4) is 0 Å². The van der Waals surface area contributed by atoms with Gasteiger partial charge in [-0.1, -0.05) is 47.7 Å². The van der Waals surface area contributed by atoms with Crippen LogP contribution in [0.5, 0.6) is 0 Å². The average Bonchev–Trinajstić information content (AvgIpc) is 3.25. The zero-order valence-corrected chi connectivity index (χ0v) is 13.2. The molecule has 0 bridgehead atoms. The SMILES string of the molecule is C(=Cc1nn2c(Cc3ccccc3)nnc2s1)c1cccs1. The summed E-state index contributed by atoms with van der Waals surface area (Å²) in [6.07, 6.45) is 4.84. The molecule has 4 nitrogen and oxygen atoms in total. The lowest BCUT2D eigenvalue weighted by Crippen LogP contribution is -1.97. The second-order valence-corrected chi connectivity index (χ2v) is 6.73. The van der Waals surface area contributed by atoms with E-state index in [9.17, 15) is 0 Å². The highest BCUT2D eigenvalue weighted by Gasteiger charge is 2.10. The minimum Gasteiger partial charge on any atom is -0.187 e. The monoisotopic (exact) mass is 324 g/mol. The lowest BCUT2D eigenvalue weighted by molar-refractivity contribution is 0.848. The smallest absolute Gasteiger partial charge is 0.187 e. The summed E-state index contributed by atoms with van der Waals surface area (Å²) in [5.74, 6) is 0.869. The van der Waals surface area contributed by atoms with Gasteiger partial charge in [-0.15, -0.1) is 21.5 Å². The van der Waals surface area contributed by atoms with Crippen molar-refractivity contribution in [1.29, 1.82) is 0 Å². The highest BCUT2D eigenvalue weighted by molar-refractivity contribution is 7.17. The van der Waals surface area contributed by atoms with Gasteiger partial charge in [0.2, 0.25) is 4.96 Å². The molecule has 0 saturated heterocycles. The lowest BCUT2D eigenvalue weighted by Gasteiger charge is -1.96. The van der Waals surface area contributed by atoms with Crippen LogP contribution in [0.25, 0.3) is 17.1 Å². The topological polar surface area (TPSA) is 43.1 Å². The van der Waals surface area contributed by atoms with Crippen LogP contribution in [0.15, 0.2) is 47.8 Å². The Morgan fingerprint density at radius 1 is 1.00 bits per heavy atom. The molecule has 0 radical (unpaired) electrons. The Bertz CT molecular complexity index is 904. The third-order valence-corrected chi connectivity index (χ3v) is 4.91. The number of fused-ring (bicyclic) bond motifs is 1. The summed E-state index contributed by atoms with van der Waals surface area (Å²) < 4.78 is 1.84. The number of rotatable bonds is 4. The second-order valence-electron chi connectivity index (χ2n) is 4.76. The van der Waals surface area contributed by atoms with Gasteiger partial charge in [-0.3, -0.25) is 0 Å². The van der Waals surface area contributed by atoms with Gasteiger partial charge in [0.1, 0.15) is 5.01 Å². The first-order valence-electron chi connectivity index (χ1n) is 6.85. The van der Waals surface area contributed by atoms with Gasteiger partial charge in [-0.05, 0) is 29.2 Å². The van der Waals surface area contributed by atoms with Crippen molar-refractivity contribution in [3.63, 3.8) is 0 Å². The molecule has 0 aliphatic carbocycles. The molecule has 1 aromatic carbocycles. The largest absolute Gasteiger partial charge is 0.234 e. The summed E-state index contributed by atoms with van der Waals surface area (Å²) in [6, 6.07) is 14.4. The Balaban J connectivity index is 1.62. The van der Waals surface area contributed by atoms with E-state index in [1.807, 2.05) is 34.9 Å². The first kappa shape index (κ1) is 13.4. The standard InChI is InChI=1S/C16H12N4S2/c1-2-5-12(6-3-1)11-14-17-18-16-20(14)19-15(22-16)9-8-13-7-4-10-21-13/h1-10H,11H2. The molecular formula is C16H12N4S2. The van der Waals surface area contributed by atoms with E-state index < -0.39 is 0 Å². The normalized spacial score (nSPS) is 11.6. The highest BCUT2D eigenvalue weighted by atomic mass is 32.1. The Hall–Kier alpha value is -2.31. The molecule has 0 aliphatic rings. The summed E-state index contributed by atoms with van der Waals surface area (Å²) in [7, 11) is 0. The van der Waals surface area contributed by atoms with Crippen LogP contribution < -0.4 is 0 Å². The van der Waals surface area contributed by atoms with Gasteiger partial charge in [0.25, 0.3) is 0 Å². The third-order valence-electron chi connectivity index (χ3n) is 3.21. The Morgan fingerprint density at radius 2 is 1.91 bits per heavy atom. The molecule has 108 valence electrons. The molecule has 0 aliphatic heterocycles. The highest BCUT2D eigenvalue weighted by Crippen LogP contribution is 2.19. The van der Waals surface area contributed by atoms with Crippen molar-refractivity contribution in [2.24, 2.45) is 0 Å². The molecule has 3 aromatic heterocycles. The van der Waals surface area contributed by atoms with Crippen molar-refractivity contribution in [3.8, 4) is 0 Å². The molecule has 6 heteroatoms. The van der Waals surface area contributed by atoms with Gasteiger partial charge in [0.05, 0.1) is 0 Å². The van der Waals surface area contributed by atoms with E-state index >= 15 is 0 Å². The Labute approximate surface area is 135 Å². The van der Waals surface area contributed by atoms with Crippen LogP contribution in [0.4, 0.5) is 0 Å². The summed E-state index contributed by atoms with van der Waals surface area (Å²) in [4.78, 5) is 2.05. The fourth-order valence-corrected chi connectivity index (χ4v) is 3.55. The number of hydrogen-bond acceptors (Lipinski definition) is 5. The van der Waals surface area contributed by atoms with Gasteiger partial charge in [-0.25, -0.2) is 0 Å². The average molecular weight is 324 g/mol. The van der Waals surface area contributed by atoms with Crippen molar-refractivity contribution >= 4 is 39.8 Å². The van der Waals surface area contributed by atoms with Gasteiger partial charge >= 0.3 is 0 Å². The van der Waals surface area contributed by atoms with Crippen molar-refractivity contribution in [2.75, 3.05) is 0 Å². The van der Waals surface area contributed by atoms with Crippen molar-refractivity contribution in [2.45, 2.75) is 6.42 Å². The second kappa shape index (κ2) is 5.82. The number of nitrogens with zero attached hydrogens (tertiary/aromatic N) is 4. The van der Waals surface area contributed by atoms with Crippen LogP contribution in [0, 0.1) is 0 Å². The zero-order valence-electron chi connectivity index (χ0n) is 11.6. The quantitative estimate of drug-likeness (QED) is 0.570. The van der Waals surface area contributed by atoms with Gasteiger partial charge in [0.15, 0.2) is 5.82 Å². The van der Waals surface area contributed by atoms with Crippen LogP contribution >= 0.6 is 22.7 Å². The fraction of sp³-hybridized carbons (Fsp3) is 0.0625. The summed E-state index contributed by atoms with van der Waals surface area (Å²) >= 11 is 3.26. The number of thiophene rings is 1. The molecule has 0 fully saturated rings. The van der Waals surface area contributed by atoms with E-state index in [0.29, 0.717) is 0 Å². The summed E-state index contributed by atoms with van der Waals surface area (Å²) in [5, 5.41) is 16.1. The van der Waals surface area contributed by atoms with Crippen LogP contribution in [0.1, 0.15) is 21.3 Å². The maximum atomic E-state index is 4.60. The molecule has 4 rings (SSSR count). The molecule has 0 atom stereocenters. The Kier molecular flexibility index (Phi) is 3.54. The van der Waals surface area contributed by atoms with E-state index in [1.165, 1.54) is 10.4 Å². The van der Waals surface area contributed by atoms with Crippen molar-refractivity contribution in [3.05, 3.63) is 69.1 Å². The number of aromatic nitrogens is 4. The first-order valence-corrected chi connectivity index (χ1v) is 8.55. The molecule has 0 amide bonds. The van der Waals surface area contributed by atoms with E-state index in [2.05, 4.69) is 45.0 Å². The maximum absolute atomic E-state index is 4.60. The summed E-state index contributed by atoms with van der Waals surface area (Å²) in [5.41, 5.74) is 1.21. The molecule has 0 spiro atoms. The van der Waals surface area contributed by atoms with Gasteiger partial charge in [-0.2, -0.15) is 9.61 Å². The van der Waals surface area contributed by atoms with Crippen molar-refractivity contribution < 1.29 is 0 Å². The molecule has 0 unspecified atom stereocenters. The maximum Gasteiger partial charge on any atom is 0.234 e. The third kappa shape index (κ3) is 2.70. The van der Waals surface area contributed by atoms with E-state index in [1.54, 1.807) is 22.7 Å². The van der Waals surface area contributed by atoms with Crippen LogP contribution in [0.2, 0.25) is 0 Å². The Morgan fingerprint density at radius 3 is 2.73 bits per heavy atom. The zero-order chi connectivity index (χ0) is 14.8. The molecule has 3 heterocycles. The first-order chi connectivity index (χ1) is 10.9. The minimum atomic E-state index is 0.736. The number of hydrogen-bond donors (Lipinski definition) is 0. The minimum absolute atomic E-state index is 0.736. The molecular weight excluding hydrogens is 312 g/mol. The van der Waals surface area contributed by atoms with Crippen molar-refractivity contribution in [1.82, 2.24) is 19.8 Å². The van der Waals surface area contributed by atoms with Crippen LogP contribution in [-0.4, -0.2) is 19.8 Å².